The standard InChI is InChI=1S/C23H21F3N4O2S2/c1-12-7-8-14-16(9-12)34-21(19(14)20(27)32)30-18(31)11-33-22-28-15(13-5-3-2-4-6-13)10-17(29-22)23(24,25)26/h2-6,10,12H,7-9,11H2,1H3,(H2,27,32)(H,30,31)/t12-/m0/s1. The van der Waals surface area contributed by atoms with E-state index in [0.29, 0.717) is 22.0 Å². The maximum atomic E-state index is 13.4. The number of benzene rings is 1. The molecule has 0 fully saturated rings. The third-order valence-corrected chi connectivity index (χ3v) is 7.43. The predicted octanol–water partition coefficient (Wildman–Crippen LogP) is 5.18. The van der Waals surface area contributed by atoms with Gasteiger partial charge in [0.25, 0.3) is 5.91 Å². The van der Waals surface area contributed by atoms with E-state index in [1.165, 1.54) is 11.3 Å². The highest BCUT2D eigenvalue weighted by Gasteiger charge is 2.34. The number of anilines is 1. The Balaban J connectivity index is 1.53. The molecule has 0 bridgehead atoms. The molecule has 0 unspecified atom stereocenters. The van der Waals surface area contributed by atoms with E-state index in [1.54, 1.807) is 30.3 Å². The zero-order valence-electron chi connectivity index (χ0n) is 18.1. The first-order valence-electron chi connectivity index (χ1n) is 10.5. The molecule has 2 amide bonds. The number of fused-ring (bicyclic) bond motifs is 1. The van der Waals surface area contributed by atoms with Crippen molar-refractivity contribution in [1.82, 2.24) is 9.97 Å². The van der Waals surface area contributed by atoms with Gasteiger partial charge in [0.15, 0.2) is 5.16 Å². The molecule has 34 heavy (non-hydrogen) atoms. The van der Waals surface area contributed by atoms with Gasteiger partial charge in [0.2, 0.25) is 5.91 Å². The molecule has 2 aromatic heterocycles. The molecule has 1 aromatic carbocycles. The molecule has 3 aromatic rings. The number of nitrogens with two attached hydrogens (primary N) is 1. The summed E-state index contributed by atoms with van der Waals surface area (Å²) in [6, 6.07) is 9.32. The minimum Gasteiger partial charge on any atom is -0.365 e. The van der Waals surface area contributed by atoms with E-state index >= 15 is 0 Å². The van der Waals surface area contributed by atoms with Crippen LogP contribution in [0.2, 0.25) is 0 Å². The van der Waals surface area contributed by atoms with Crippen molar-refractivity contribution in [3.05, 3.63) is 58.1 Å². The van der Waals surface area contributed by atoms with Crippen molar-refractivity contribution in [2.24, 2.45) is 11.7 Å². The lowest BCUT2D eigenvalue weighted by molar-refractivity contribution is -0.141. The Labute approximate surface area is 202 Å². The Morgan fingerprint density at radius 1 is 1.24 bits per heavy atom. The second-order valence-electron chi connectivity index (χ2n) is 8.04. The summed E-state index contributed by atoms with van der Waals surface area (Å²) in [7, 11) is 0. The Morgan fingerprint density at radius 2 is 1.97 bits per heavy atom. The SMILES string of the molecule is C[C@H]1CCc2c(sc(NC(=O)CSc3nc(-c4ccccc4)cc(C(F)(F)F)n3)c2C(N)=O)C1. The molecule has 6 nitrogen and oxygen atoms in total. The average Bonchev–Trinajstić information content (AvgIpc) is 3.14. The predicted molar refractivity (Wildman–Crippen MR) is 126 cm³/mol. The first-order valence-corrected chi connectivity index (χ1v) is 12.3. The Kier molecular flexibility index (Phi) is 6.94. The maximum Gasteiger partial charge on any atom is 0.433 e. The van der Waals surface area contributed by atoms with Crippen LogP contribution in [0, 0.1) is 5.92 Å². The molecule has 0 saturated carbocycles. The van der Waals surface area contributed by atoms with Gasteiger partial charge in [0.05, 0.1) is 17.0 Å². The zero-order chi connectivity index (χ0) is 24.5. The molecule has 4 rings (SSSR count). The first-order chi connectivity index (χ1) is 16.1. The molecule has 1 atom stereocenters. The molecule has 1 aliphatic carbocycles. The number of hydrogen-bond donors (Lipinski definition) is 2. The van der Waals surface area contributed by atoms with Crippen molar-refractivity contribution in [2.75, 3.05) is 11.1 Å². The molecular formula is C23H21F3N4O2S2. The molecule has 0 spiro atoms. The van der Waals surface area contributed by atoms with Gasteiger partial charge >= 0.3 is 6.18 Å². The van der Waals surface area contributed by atoms with Crippen LogP contribution in [0.1, 0.15) is 39.8 Å². The number of thioether (sulfide) groups is 1. The minimum atomic E-state index is -4.66. The third-order valence-electron chi connectivity index (χ3n) is 5.41. The van der Waals surface area contributed by atoms with Crippen LogP contribution in [0.5, 0.6) is 0 Å². The summed E-state index contributed by atoms with van der Waals surface area (Å²) < 4.78 is 40.2. The quantitative estimate of drug-likeness (QED) is 0.355. The van der Waals surface area contributed by atoms with Crippen LogP contribution in [0.15, 0.2) is 41.6 Å². The third kappa shape index (κ3) is 5.41. The summed E-state index contributed by atoms with van der Waals surface area (Å²) in [5.41, 5.74) is 6.32. The van der Waals surface area contributed by atoms with Gasteiger partial charge < -0.3 is 11.1 Å². The smallest absolute Gasteiger partial charge is 0.365 e. The fraction of sp³-hybridized carbons (Fsp3) is 0.304. The number of halogens is 3. The first kappa shape index (κ1) is 24.2. The number of alkyl halides is 3. The van der Waals surface area contributed by atoms with Crippen molar-refractivity contribution in [2.45, 2.75) is 37.5 Å². The number of rotatable bonds is 6. The minimum absolute atomic E-state index is 0.113. The van der Waals surface area contributed by atoms with E-state index in [1.807, 2.05) is 0 Å². The van der Waals surface area contributed by atoms with Gasteiger partial charge in [-0.05, 0) is 36.8 Å². The van der Waals surface area contributed by atoms with Crippen LogP contribution in [-0.4, -0.2) is 27.5 Å². The summed E-state index contributed by atoms with van der Waals surface area (Å²) >= 11 is 2.12. The van der Waals surface area contributed by atoms with Crippen molar-refractivity contribution < 1.29 is 22.8 Å². The maximum absolute atomic E-state index is 13.4. The van der Waals surface area contributed by atoms with Gasteiger partial charge in [-0.1, -0.05) is 49.0 Å². The summed E-state index contributed by atoms with van der Waals surface area (Å²) in [5, 5.41) is 2.92. The molecule has 3 N–H and O–H groups in total. The fourth-order valence-corrected chi connectivity index (χ4v) is 5.87. The van der Waals surface area contributed by atoms with E-state index in [9.17, 15) is 22.8 Å². The number of nitrogens with one attached hydrogen (secondary N) is 1. The van der Waals surface area contributed by atoms with Crippen molar-refractivity contribution in [1.29, 1.82) is 0 Å². The lowest BCUT2D eigenvalue weighted by Gasteiger charge is -2.18. The number of carbonyl (C=O) groups is 2. The number of hydrogen-bond acceptors (Lipinski definition) is 6. The Hall–Kier alpha value is -2.92. The van der Waals surface area contributed by atoms with Crippen molar-refractivity contribution >= 4 is 39.9 Å². The molecule has 2 heterocycles. The fourth-order valence-electron chi connectivity index (χ4n) is 3.78. The van der Waals surface area contributed by atoms with E-state index in [0.717, 1.165) is 47.5 Å². The van der Waals surface area contributed by atoms with Gasteiger partial charge in [0, 0.05) is 10.4 Å². The Morgan fingerprint density at radius 3 is 2.65 bits per heavy atom. The second-order valence-corrected chi connectivity index (χ2v) is 10.1. The average molecular weight is 507 g/mol. The zero-order valence-corrected chi connectivity index (χ0v) is 19.7. The number of aromatic nitrogens is 2. The Bertz CT molecular complexity index is 1230. The summed E-state index contributed by atoms with van der Waals surface area (Å²) in [6.45, 7) is 2.13. The molecule has 0 radical (unpaired) electrons. The van der Waals surface area contributed by atoms with E-state index in [2.05, 4.69) is 22.2 Å². The van der Waals surface area contributed by atoms with Crippen LogP contribution in [-0.2, 0) is 23.8 Å². The number of nitrogens with zero attached hydrogens (tertiary/aromatic N) is 2. The molecular weight excluding hydrogens is 485 g/mol. The van der Waals surface area contributed by atoms with Gasteiger partial charge in [-0.2, -0.15) is 13.2 Å². The van der Waals surface area contributed by atoms with E-state index in [4.69, 9.17) is 5.73 Å². The van der Waals surface area contributed by atoms with E-state index in [-0.39, 0.29) is 16.6 Å². The molecule has 178 valence electrons. The topological polar surface area (TPSA) is 98.0 Å². The van der Waals surface area contributed by atoms with Crippen LogP contribution < -0.4 is 11.1 Å². The van der Waals surface area contributed by atoms with Gasteiger partial charge in [-0.3, -0.25) is 9.59 Å². The largest absolute Gasteiger partial charge is 0.433 e. The van der Waals surface area contributed by atoms with Crippen LogP contribution in [0.3, 0.4) is 0 Å². The number of primary amides is 1. The molecule has 0 saturated heterocycles. The van der Waals surface area contributed by atoms with Crippen molar-refractivity contribution in [3.63, 3.8) is 0 Å². The summed E-state index contributed by atoms with van der Waals surface area (Å²) in [4.78, 5) is 33.5. The highest BCUT2D eigenvalue weighted by atomic mass is 32.2. The lowest BCUT2D eigenvalue weighted by atomic mass is 9.88. The highest BCUT2D eigenvalue weighted by molar-refractivity contribution is 7.99. The molecule has 1 aliphatic rings. The van der Waals surface area contributed by atoms with Crippen LogP contribution in [0.25, 0.3) is 11.3 Å². The monoisotopic (exact) mass is 506 g/mol. The van der Waals surface area contributed by atoms with Crippen LogP contribution >= 0.6 is 23.1 Å². The normalized spacial score (nSPS) is 15.6. The second kappa shape index (κ2) is 9.75. The molecule has 11 heteroatoms. The number of thiophene rings is 1. The summed E-state index contributed by atoms with van der Waals surface area (Å²) in [6.07, 6.45) is -2.20. The summed E-state index contributed by atoms with van der Waals surface area (Å²) in [5.74, 6) is -0.847. The molecule has 0 aliphatic heterocycles. The van der Waals surface area contributed by atoms with Gasteiger partial charge in [0.1, 0.15) is 10.7 Å². The lowest BCUT2D eigenvalue weighted by Crippen LogP contribution is -2.20. The van der Waals surface area contributed by atoms with Crippen molar-refractivity contribution in [3.8, 4) is 11.3 Å². The highest BCUT2D eigenvalue weighted by Crippen LogP contribution is 2.39. The van der Waals surface area contributed by atoms with E-state index < -0.39 is 23.7 Å². The number of carbonyl (C=O) groups excluding carboxylic acids is 2. The van der Waals surface area contributed by atoms with Gasteiger partial charge in [-0.25, -0.2) is 9.97 Å². The van der Waals surface area contributed by atoms with Gasteiger partial charge in [-0.15, -0.1) is 11.3 Å². The van der Waals surface area contributed by atoms with Crippen LogP contribution in [0.4, 0.5) is 18.2 Å². The number of amides is 2.